The molecule has 0 spiro atoms. The van der Waals surface area contributed by atoms with E-state index in [4.69, 9.17) is 5.73 Å². The second-order valence-electron chi connectivity index (χ2n) is 4.34. The Morgan fingerprint density at radius 2 is 2.19 bits per heavy atom. The van der Waals surface area contributed by atoms with Crippen molar-refractivity contribution >= 4 is 11.6 Å². The minimum Gasteiger partial charge on any atom is -0.321 e. The third kappa shape index (κ3) is 3.88. The van der Waals surface area contributed by atoms with E-state index in [1.54, 1.807) is 25.3 Å². The van der Waals surface area contributed by atoms with Crippen molar-refractivity contribution in [1.82, 2.24) is 4.98 Å². The molecular weight excluding hydrogens is 269 g/mol. The van der Waals surface area contributed by atoms with Gasteiger partial charge in [0, 0.05) is 17.5 Å². The zero-order chi connectivity index (χ0) is 15.2. The van der Waals surface area contributed by atoms with Crippen molar-refractivity contribution in [2.45, 2.75) is 6.92 Å². The van der Waals surface area contributed by atoms with Crippen molar-refractivity contribution in [3.8, 4) is 11.8 Å². The summed E-state index contributed by atoms with van der Waals surface area (Å²) in [7, 11) is 0. The number of carbonyl (C=O) groups excluding carboxylic acids is 1. The summed E-state index contributed by atoms with van der Waals surface area (Å²) < 4.78 is 13.3. The van der Waals surface area contributed by atoms with Gasteiger partial charge in [-0.05, 0) is 37.3 Å². The Bertz CT molecular complexity index is 732. The fourth-order valence-electron chi connectivity index (χ4n) is 1.76. The van der Waals surface area contributed by atoms with Gasteiger partial charge in [0.05, 0.1) is 17.8 Å². The summed E-state index contributed by atoms with van der Waals surface area (Å²) in [4.78, 5) is 16.2. The van der Waals surface area contributed by atoms with E-state index in [1.165, 1.54) is 18.2 Å². The number of halogens is 1. The van der Waals surface area contributed by atoms with Crippen LogP contribution in [0.4, 0.5) is 10.1 Å². The Morgan fingerprint density at radius 1 is 1.38 bits per heavy atom. The van der Waals surface area contributed by atoms with Crippen molar-refractivity contribution < 1.29 is 9.18 Å². The fourth-order valence-corrected chi connectivity index (χ4v) is 1.76. The number of amides is 1. The van der Waals surface area contributed by atoms with Gasteiger partial charge in [-0.1, -0.05) is 11.8 Å². The van der Waals surface area contributed by atoms with Crippen LogP contribution in [0.15, 0.2) is 36.5 Å². The van der Waals surface area contributed by atoms with Crippen LogP contribution in [0.25, 0.3) is 0 Å². The molecule has 2 rings (SSSR count). The first kappa shape index (κ1) is 14.7. The predicted octanol–water partition coefficient (Wildman–Crippen LogP) is 2.09. The zero-order valence-electron chi connectivity index (χ0n) is 11.5. The first-order chi connectivity index (χ1) is 10.1. The number of benzene rings is 1. The van der Waals surface area contributed by atoms with E-state index in [-0.39, 0.29) is 12.5 Å². The Hall–Kier alpha value is -2.71. The number of hydrogen-bond donors (Lipinski definition) is 2. The monoisotopic (exact) mass is 283 g/mol. The van der Waals surface area contributed by atoms with Crippen LogP contribution in [0.3, 0.4) is 0 Å². The Balaban J connectivity index is 2.29. The second-order valence-corrected chi connectivity index (χ2v) is 4.34. The molecule has 1 heterocycles. The number of nitrogens with two attached hydrogens (primary N) is 1. The first-order valence-corrected chi connectivity index (χ1v) is 6.32. The van der Waals surface area contributed by atoms with E-state index < -0.39 is 5.82 Å². The maximum absolute atomic E-state index is 13.3. The number of rotatable bonds is 2. The molecule has 2 aromatic rings. The van der Waals surface area contributed by atoms with Gasteiger partial charge in [0.2, 0.25) is 0 Å². The lowest BCUT2D eigenvalue weighted by Crippen LogP contribution is -2.13. The quantitative estimate of drug-likeness (QED) is 0.829. The predicted molar refractivity (Wildman–Crippen MR) is 79.3 cm³/mol. The SMILES string of the molecule is Cc1cc(C(=O)Nc2ccc(F)cc2C#CCN)ccn1. The molecule has 4 nitrogen and oxygen atoms in total. The van der Waals surface area contributed by atoms with Crippen LogP contribution in [0, 0.1) is 24.6 Å². The molecule has 0 fully saturated rings. The van der Waals surface area contributed by atoms with E-state index in [9.17, 15) is 9.18 Å². The summed E-state index contributed by atoms with van der Waals surface area (Å²) in [5.41, 5.74) is 7.36. The van der Waals surface area contributed by atoms with Crippen LogP contribution in [0.2, 0.25) is 0 Å². The minimum absolute atomic E-state index is 0.160. The molecule has 21 heavy (non-hydrogen) atoms. The normalized spacial score (nSPS) is 9.67. The topological polar surface area (TPSA) is 68.0 Å². The largest absolute Gasteiger partial charge is 0.321 e. The highest BCUT2D eigenvalue weighted by atomic mass is 19.1. The van der Waals surface area contributed by atoms with Crippen LogP contribution in [0.1, 0.15) is 21.6 Å². The standard InChI is InChI=1S/C16H14FN3O/c1-11-9-13(6-8-19-11)16(21)20-15-5-4-14(17)10-12(15)3-2-7-18/h4-6,8-10H,7,18H2,1H3,(H,20,21). The van der Waals surface area contributed by atoms with Gasteiger partial charge < -0.3 is 11.1 Å². The molecule has 1 aromatic heterocycles. The third-order valence-corrected chi connectivity index (χ3v) is 2.71. The first-order valence-electron chi connectivity index (χ1n) is 6.32. The molecule has 0 aliphatic rings. The Morgan fingerprint density at radius 3 is 2.90 bits per heavy atom. The number of aryl methyl sites for hydroxylation is 1. The van der Waals surface area contributed by atoms with Gasteiger partial charge >= 0.3 is 0 Å². The molecule has 0 bridgehead atoms. The molecule has 106 valence electrons. The van der Waals surface area contributed by atoms with Crippen molar-refractivity contribution in [2.24, 2.45) is 5.73 Å². The smallest absolute Gasteiger partial charge is 0.255 e. The van der Waals surface area contributed by atoms with Crippen LogP contribution < -0.4 is 11.1 Å². The maximum Gasteiger partial charge on any atom is 0.255 e. The van der Waals surface area contributed by atoms with Gasteiger partial charge in [-0.15, -0.1) is 0 Å². The Kier molecular flexibility index (Phi) is 4.64. The summed E-state index contributed by atoms with van der Waals surface area (Å²) in [6.45, 7) is 1.96. The summed E-state index contributed by atoms with van der Waals surface area (Å²) in [5, 5.41) is 2.71. The summed E-state index contributed by atoms with van der Waals surface area (Å²) in [5.74, 6) is 4.66. The molecule has 0 aliphatic carbocycles. The van der Waals surface area contributed by atoms with Gasteiger partial charge in [-0.25, -0.2) is 4.39 Å². The van der Waals surface area contributed by atoms with Crippen molar-refractivity contribution in [3.05, 3.63) is 59.2 Å². The molecule has 1 aromatic carbocycles. The van der Waals surface area contributed by atoms with Crippen molar-refractivity contribution in [3.63, 3.8) is 0 Å². The fraction of sp³-hybridized carbons (Fsp3) is 0.125. The number of hydrogen-bond acceptors (Lipinski definition) is 3. The van der Waals surface area contributed by atoms with Gasteiger partial charge in [-0.2, -0.15) is 0 Å². The molecule has 0 unspecified atom stereocenters. The molecule has 3 N–H and O–H groups in total. The van der Waals surface area contributed by atoms with Crippen molar-refractivity contribution in [2.75, 3.05) is 11.9 Å². The number of pyridine rings is 1. The van der Waals surface area contributed by atoms with E-state index in [0.717, 1.165) is 5.69 Å². The number of nitrogens with one attached hydrogen (secondary N) is 1. The number of carbonyl (C=O) groups is 1. The Labute approximate surface area is 122 Å². The van der Waals surface area contributed by atoms with E-state index in [1.807, 2.05) is 0 Å². The highest BCUT2D eigenvalue weighted by molar-refractivity contribution is 6.04. The average Bonchev–Trinajstić information content (AvgIpc) is 2.47. The zero-order valence-corrected chi connectivity index (χ0v) is 11.5. The van der Waals surface area contributed by atoms with E-state index in [2.05, 4.69) is 22.1 Å². The highest BCUT2D eigenvalue weighted by Gasteiger charge is 2.09. The van der Waals surface area contributed by atoms with Crippen LogP contribution in [-0.2, 0) is 0 Å². The average molecular weight is 283 g/mol. The van der Waals surface area contributed by atoms with E-state index in [0.29, 0.717) is 16.8 Å². The maximum atomic E-state index is 13.3. The lowest BCUT2D eigenvalue weighted by molar-refractivity contribution is 0.102. The molecule has 0 atom stereocenters. The lowest BCUT2D eigenvalue weighted by atomic mass is 10.1. The molecule has 0 aliphatic heterocycles. The minimum atomic E-state index is -0.422. The third-order valence-electron chi connectivity index (χ3n) is 2.71. The lowest BCUT2D eigenvalue weighted by Gasteiger charge is -2.08. The molecule has 1 amide bonds. The van der Waals surface area contributed by atoms with Crippen LogP contribution >= 0.6 is 0 Å². The highest BCUT2D eigenvalue weighted by Crippen LogP contribution is 2.17. The van der Waals surface area contributed by atoms with Gasteiger partial charge in [-0.3, -0.25) is 9.78 Å². The van der Waals surface area contributed by atoms with Gasteiger partial charge in [0.1, 0.15) is 5.82 Å². The molecule has 5 heteroatoms. The van der Waals surface area contributed by atoms with E-state index >= 15 is 0 Å². The molecule has 0 saturated heterocycles. The van der Waals surface area contributed by atoms with Crippen LogP contribution in [-0.4, -0.2) is 17.4 Å². The molecule has 0 saturated carbocycles. The van der Waals surface area contributed by atoms with Crippen LogP contribution in [0.5, 0.6) is 0 Å². The molecule has 0 radical (unpaired) electrons. The summed E-state index contributed by atoms with van der Waals surface area (Å²) in [6, 6.07) is 7.28. The molecular formula is C16H14FN3O. The van der Waals surface area contributed by atoms with Gasteiger partial charge in [0.25, 0.3) is 5.91 Å². The number of anilines is 1. The van der Waals surface area contributed by atoms with Gasteiger partial charge in [0.15, 0.2) is 0 Å². The summed E-state index contributed by atoms with van der Waals surface area (Å²) >= 11 is 0. The summed E-state index contributed by atoms with van der Waals surface area (Å²) in [6.07, 6.45) is 1.56. The number of nitrogens with zero attached hydrogens (tertiary/aromatic N) is 1. The number of aromatic nitrogens is 1. The second kappa shape index (κ2) is 6.64. The van der Waals surface area contributed by atoms with Crippen molar-refractivity contribution in [1.29, 1.82) is 0 Å².